The Labute approximate surface area is 139 Å². The molecule has 0 aromatic heterocycles. The van der Waals surface area contributed by atoms with Gasteiger partial charge in [-0.2, -0.15) is 0 Å². The second-order valence-electron chi connectivity index (χ2n) is 4.83. The fraction of sp³-hybridized carbons (Fsp3) is 0.533. The molecular formula is C15H25IN4. The first kappa shape index (κ1) is 17.2. The molecular weight excluding hydrogens is 363 g/mol. The van der Waals surface area contributed by atoms with Crippen molar-refractivity contribution >= 4 is 29.9 Å². The molecule has 0 radical (unpaired) electrons. The van der Waals surface area contributed by atoms with Gasteiger partial charge in [-0.25, -0.2) is 0 Å². The lowest BCUT2D eigenvalue weighted by Crippen LogP contribution is -2.52. The average Bonchev–Trinajstić information content (AvgIpc) is 2.47. The van der Waals surface area contributed by atoms with Crippen LogP contribution in [0, 0.1) is 0 Å². The number of halogens is 1. The van der Waals surface area contributed by atoms with Gasteiger partial charge in [-0.15, -0.1) is 24.0 Å². The average molecular weight is 388 g/mol. The molecule has 1 aliphatic heterocycles. The van der Waals surface area contributed by atoms with E-state index in [9.17, 15) is 0 Å². The van der Waals surface area contributed by atoms with E-state index in [2.05, 4.69) is 57.4 Å². The highest BCUT2D eigenvalue weighted by molar-refractivity contribution is 14.0. The summed E-state index contributed by atoms with van der Waals surface area (Å²) in [5.74, 6) is 1.03. The van der Waals surface area contributed by atoms with Crippen LogP contribution in [0.4, 0.5) is 0 Å². The Morgan fingerprint density at radius 3 is 2.35 bits per heavy atom. The van der Waals surface area contributed by atoms with Gasteiger partial charge in [0, 0.05) is 46.3 Å². The minimum Gasteiger partial charge on any atom is -0.357 e. The van der Waals surface area contributed by atoms with Crippen molar-refractivity contribution in [3.63, 3.8) is 0 Å². The van der Waals surface area contributed by atoms with Gasteiger partial charge >= 0.3 is 0 Å². The molecule has 112 valence electrons. The Bertz CT molecular complexity index is 400. The van der Waals surface area contributed by atoms with Crippen LogP contribution in [0.2, 0.25) is 0 Å². The fourth-order valence-electron chi connectivity index (χ4n) is 2.45. The highest BCUT2D eigenvalue weighted by Gasteiger charge is 2.18. The lowest BCUT2D eigenvalue weighted by Gasteiger charge is -2.36. The highest BCUT2D eigenvalue weighted by Crippen LogP contribution is 2.08. The smallest absolute Gasteiger partial charge is 0.193 e. The summed E-state index contributed by atoms with van der Waals surface area (Å²) in [6.45, 7) is 8.37. The van der Waals surface area contributed by atoms with E-state index < -0.39 is 0 Å². The van der Waals surface area contributed by atoms with Crippen molar-refractivity contribution in [3.8, 4) is 0 Å². The van der Waals surface area contributed by atoms with Crippen molar-refractivity contribution in [2.24, 2.45) is 4.99 Å². The zero-order valence-electron chi connectivity index (χ0n) is 12.4. The van der Waals surface area contributed by atoms with Crippen LogP contribution in [-0.4, -0.2) is 55.5 Å². The van der Waals surface area contributed by atoms with Crippen LogP contribution < -0.4 is 5.32 Å². The summed E-state index contributed by atoms with van der Waals surface area (Å²) in [4.78, 5) is 9.17. The highest BCUT2D eigenvalue weighted by atomic mass is 127. The monoisotopic (exact) mass is 388 g/mol. The Balaban J connectivity index is 0.00000200. The summed E-state index contributed by atoms with van der Waals surface area (Å²) in [5, 5.41) is 3.32. The summed E-state index contributed by atoms with van der Waals surface area (Å²) in [7, 11) is 1.86. The molecule has 0 saturated carbocycles. The first-order chi connectivity index (χ1) is 9.33. The molecule has 1 heterocycles. The van der Waals surface area contributed by atoms with E-state index in [0.29, 0.717) is 0 Å². The molecule has 1 aliphatic rings. The predicted octanol–water partition coefficient (Wildman–Crippen LogP) is 2.02. The lowest BCUT2D eigenvalue weighted by atomic mass is 10.2. The van der Waals surface area contributed by atoms with E-state index in [1.807, 2.05) is 7.05 Å². The molecule has 1 saturated heterocycles. The van der Waals surface area contributed by atoms with Gasteiger partial charge in [0.05, 0.1) is 0 Å². The number of nitrogens with one attached hydrogen (secondary N) is 1. The number of hydrogen-bond acceptors (Lipinski definition) is 2. The van der Waals surface area contributed by atoms with Crippen LogP contribution in [0.3, 0.4) is 0 Å². The molecule has 0 bridgehead atoms. The summed E-state index contributed by atoms with van der Waals surface area (Å²) in [5.41, 5.74) is 1.40. The van der Waals surface area contributed by atoms with Crippen LogP contribution in [0.25, 0.3) is 0 Å². The lowest BCUT2D eigenvalue weighted by molar-refractivity contribution is 0.172. The Hall–Kier alpha value is -0.820. The van der Waals surface area contributed by atoms with Crippen molar-refractivity contribution in [2.45, 2.75) is 13.5 Å². The van der Waals surface area contributed by atoms with Crippen LogP contribution in [-0.2, 0) is 6.54 Å². The summed E-state index contributed by atoms with van der Waals surface area (Å²) >= 11 is 0. The maximum absolute atomic E-state index is 4.32. The van der Waals surface area contributed by atoms with E-state index >= 15 is 0 Å². The van der Waals surface area contributed by atoms with Gasteiger partial charge in [-0.3, -0.25) is 9.89 Å². The Morgan fingerprint density at radius 1 is 1.15 bits per heavy atom. The van der Waals surface area contributed by atoms with Crippen LogP contribution >= 0.6 is 24.0 Å². The number of hydrogen-bond donors (Lipinski definition) is 1. The van der Waals surface area contributed by atoms with Crippen molar-refractivity contribution in [3.05, 3.63) is 35.9 Å². The van der Waals surface area contributed by atoms with E-state index in [0.717, 1.165) is 45.2 Å². The molecule has 1 aromatic carbocycles. The third-order valence-electron chi connectivity index (χ3n) is 3.47. The summed E-state index contributed by atoms with van der Waals surface area (Å²) in [6, 6.07) is 10.7. The van der Waals surface area contributed by atoms with Gasteiger partial charge in [-0.05, 0) is 12.5 Å². The first-order valence-corrected chi connectivity index (χ1v) is 7.05. The number of benzene rings is 1. The third-order valence-corrected chi connectivity index (χ3v) is 3.47. The number of nitrogens with zero attached hydrogens (tertiary/aromatic N) is 3. The van der Waals surface area contributed by atoms with E-state index in [1.165, 1.54) is 5.56 Å². The molecule has 0 unspecified atom stereocenters. The van der Waals surface area contributed by atoms with Gasteiger partial charge in [0.2, 0.25) is 0 Å². The third kappa shape index (κ3) is 4.94. The molecule has 20 heavy (non-hydrogen) atoms. The van der Waals surface area contributed by atoms with Gasteiger partial charge < -0.3 is 10.2 Å². The van der Waals surface area contributed by atoms with Crippen molar-refractivity contribution < 1.29 is 0 Å². The topological polar surface area (TPSA) is 30.9 Å². The van der Waals surface area contributed by atoms with Gasteiger partial charge in [-0.1, -0.05) is 30.3 Å². The zero-order chi connectivity index (χ0) is 13.5. The van der Waals surface area contributed by atoms with E-state index in [4.69, 9.17) is 0 Å². The molecule has 0 atom stereocenters. The van der Waals surface area contributed by atoms with Crippen molar-refractivity contribution in [1.29, 1.82) is 0 Å². The largest absolute Gasteiger partial charge is 0.357 e. The Morgan fingerprint density at radius 2 is 1.80 bits per heavy atom. The molecule has 0 spiro atoms. The SMILES string of the molecule is CCNC(=NC)N1CCN(Cc2ccccc2)CC1.I. The molecule has 0 amide bonds. The number of aliphatic imine (C=N–C) groups is 1. The summed E-state index contributed by atoms with van der Waals surface area (Å²) < 4.78 is 0. The van der Waals surface area contributed by atoms with Crippen molar-refractivity contribution in [2.75, 3.05) is 39.8 Å². The number of rotatable bonds is 3. The molecule has 1 aromatic rings. The molecule has 2 rings (SSSR count). The van der Waals surface area contributed by atoms with Gasteiger partial charge in [0.15, 0.2) is 5.96 Å². The Kier molecular flexibility index (Phi) is 7.91. The van der Waals surface area contributed by atoms with Crippen LogP contribution in [0.1, 0.15) is 12.5 Å². The quantitative estimate of drug-likeness (QED) is 0.489. The van der Waals surface area contributed by atoms with Gasteiger partial charge in [0.1, 0.15) is 0 Å². The molecule has 4 nitrogen and oxygen atoms in total. The molecule has 5 heteroatoms. The second kappa shape index (κ2) is 9.18. The van der Waals surface area contributed by atoms with Crippen molar-refractivity contribution in [1.82, 2.24) is 15.1 Å². The van der Waals surface area contributed by atoms with Crippen LogP contribution in [0.15, 0.2) is 35.3 Å². The number of piperazine rings is 1. The minimum absolute atomic E-state index is 0. The zero-order valence-corrected chi connectivity index (χ0v) is 14.7. The summed E-state index contributed by atoms with van der Waals surface area (Å²) in [6.07, 6.45) is 0. The van der Waals surface area contributed by atoms with Gasteiger partial charge in [0.25, 0.3) is 0 Å². The standard InChI is InChI=1S/C15H24N4.HI/c1-3-17-15(16-2)19-11-9-18(10-12-19)13-14-7-5-4-6-8-14;/h4-8H,3,9-13H2,1-2H3,(H,16,17);1H. The maximum atomic E-state index is 4.32. The second-order valence-corrected chi connectivity index (χ2v) is 4.83. The predicted molar refractivity (Wildman–Crippen MR) is 95.7 cm³/mol. The van der Waals surface area contributed by atoms with E-state index in [1.54, 1.807) is 0 Å². The normalized spacial score (nSPS) is 16.7. The minimum atomic E-state index is 0. The molecule has 0 aliphatic carbocycles. The van der Waals surface area contributed by atoms with E-state index in [-0.39, 0.29) is 24.0 Å². The molecule has 1 N–H and O–H groups in total. The molecule has 1 fully saturated rings. The maximum Gasteiger partial charge on any atom is 0.193 e. The van der Waals surface area contributed by atoms with Crippen LogP contribution in [0.5, 0.6) is 0 Å². The first-order valence-electron chi connectivity index (χ1n) is 7.05. The fourth-order valence-corrected chi connectivity index (χ4v) is 2.45. The number of guanidine groups is 1.